The second-order valence-electron chi connectivity index (χ2n) is 6.58. The van der Waals surface area contributed by atoms with Crippen LogP contribution in [0.5, 0.6) is 0 Å². The number of fused-ring (bicyclic) bond motifs is 2. The summed E-state index contributed by atoms with van der Waals surface area (Å²) >= 11 is 0. The van der Waals surface area contributed by atoms with Gasteiger partial charge in [0.25, 0.3) is 5.91 Å². The molecule has 3 aromatic rings. The molecular weight excluding hydrogens is 319 g/mol. The molecule has 1 amide bonds. The minimum absolute atomic E-state index is 0.0640. The Hall–Kier alpha value is -2.76. The number of carbonyl (C=O) groups is 1. The lowest BCUT2D eigenvalue weighted by Crippen LogP contribution is -2.39. The van der Waals surface area contributed by atoms with Crippen LogP contribution < -0.4 is 0 Å². The van der Waals surface area contributed by atoms with Crippen LogP contribution in [-0.2, 0) is 13.5 Å². The quantitative estimate of drug-likeness (QED) is 0.685. The van der Waals surface area contributed by atoms with Crippen molar-refractivity contribution in [1.29, 1.82) is 0 Å². The van der Waals surface area contributed by atoms with Gasteiger partial charge in [-0.25, -0.2) is 9.37 Å². The Bertz CT molecular complexity index is 994. The standard InChI is InChI=1S/C19H19FN4O/c1-11-8-16(17-10-21-23(3)18(17)22-11)19(25)24-7-6-13-4-5-14(20)9-15(13)12(24)2/h4-5,8-10,12H,6-7H2,1-3H3/t12-/m0/s1. The van der Waals surface area contributed by atoms with Gasteiger partial charge in [0.2, 0.25) is 0 Å². The summed E-state index contributed by atoms with van der Waals surface area (Å²) in [7, 11) is 1.81. The van der Waals surface area contributed by atoms with Gasteiger partial charge < -0.3 is 4.90 Å². The molecule has 0 saturated carbocycles. The number of nitrogens with zero attached hydrogens (tertiary/aromatic N) is 4. The third kappa shape index (κ3) is 2.49. The Morgan fingerprint density at radius 2 is 2.12 bits per heavy atom. The van der Waals surface area contributed by atoms with E-state index in [1.165, 1.54) is 12.1 Å². The van der Waals surface area contributed by atoms with Gasteiger partial charge in [-0.3, -0.25) is 9.48 Å². The highest BCUT2D eigenvalue weighted by molar-refractivity contribution is 6.05. The molecule has 2 aromatic heterocycles. The lowest BCUT2D eigenvalue weighted by atomic mass is 9.92. The Morgan fingerprint density at radius 1 is 1.32 bits per heavy atom. The van der Waals surface area contributed by atoms with Crippen LogP contribution in [0.1, 0.15) is 40.1 Å². The second kappa shape index (κ2) is 5.65. The van der Waals surface area contributed by atoms with E-state index in [2.05, 4.69) is 10.1 Å². The van der Waals surface area contributed by atoms with E-state index in [1.807, 2.05) is 31.9 Å². The van der Waals surface area contributed by atoms with Crippen LogP contribution in [0, 0.1) is 12.7 Å². The van der Waals surface area contributed by atoms with Crippen molar-refractivity contribution in [3.05, 3.63) is 58.7 Å². The van der Waals surface area contributed by atoms with E-state index in [9.17, 15) is 9.18 Å². The van der Waals surface area contributed by atoms with Gasteiger partial charge in [-0.05, 0) is 49.6 Å². The highest BCUT2D eigenvalue weighted by Gasteiger charge is 2.30. The molecule has 0 radical (unpaired) electrons. The second-order valence-corrected chi connectivity index (χ2v) is 6.58. The summed E-state index contributed by atoms with van der Waals surface area (Å²) in [5, 5.41) is 4.97. The predicted octanol–water partition coefficient (Wildman–Crippen LogP) is 3.18. The fourth-order valence-electron chi connectivity index (χ4n) is 3.63. The van der Waals surface area contributed by atoms with Gasteiger partial charge in [0.05, 0.1) is 23.2 Å². The molecule has 1 aliphatic heterocycles. The van der Waals surface area contributed by atoms with Gasteiger partial charge in [-0.15, -0.1) is 0 Å². The maximum absolute atomic E-state index is 13.7. The van der Waals surface area contributed by atoms with Gasteiger partial charge in [-0.2, -0.15) is 5.10 Å². The zero-order valence-electron chi connectivity index (χ0n) is 14.5. The summed E-state index contributed by atoms with van der Waals surface area (Å²) in [6.45, 7) is 4.43. The molecule has 1 aliphatic rings. The summed E-state index contributed by atoms with van der Waals surface area (Å²) in [6, 6.07) is 6.47. The van der Waals surface area contributed by atoms with Crippen LogP contribution in [0.3, 0.4) is 0 Å². The number of hydrogen-bond acceptors (Lipinski definition) is 3. The van der Waals surface area contributed by atoms with E-state index < -0.39 is 0 Å². The molecule has 0 aliphatic carbocycles. The highest BCUT2D eigenvalue weighted by Crippen LogP contribution is 2.32. The summed E-state index contributed by atoms with van der Waals surface area (Å²) in [6.07, 6.45) is 2.41. The third-order valence-electron chi connectivity index (χ3n) is 4.97. The smallest absolute Gasteiger partial charge is 0.255 e. The molecular formula is C19H19FN4O. The summed E-state index contributed by atoms with van der Waals surface area (Å²) in [5.74, 6) is -0.333. The molecule has 0 spiro atoms. The van der Waals surface area contributed by atoms with Crippen LogP contribution in [0.25, 0.3) is 11.0 Å². The molecule has 0 unspecified atom stereocenters. The van der Waals surface area contributed by atoms with Crippen molar-refractivity contribution in [1.82, 2.24) is 19.7 Å². The van der Waals surface area contributed by atoms with Crippen LogP contribution >= 0.6 is 0 Å². The molecule has 1 aromatic carbocycles. The number of hydrogen-bond donors (Lipinski definition) is 0. The van der Waals surface area contributed by atoms with Gasteiger partial charge >= 0.3 is 0 Å². The first-order valence-corrected chi connectivity index (χ1v) is 8.34. The lowest BCUT2D eigenvalue weighted by Gasteiger charge is -2.35. The Labute approximate surface area is 145 Å². The van der Waals surface area contributed by atoms with Gasteiger partial charge in [-0.1, -0.05) is 6.07 Å². The van der Waals surface area contributed by atoms with Crippen molar-refractivity contribution in [2.24, 2.45) is 7.05 Å². The zero-order chi connectivity index (χ0) is 17.7. The first-order valence-electron chi connectivity index (χ1n) is 8.34. The average Bonchev–Trinajstić information content (AvgIpc) is 2.95. The first kappa shape index (κ1) is 15.7. The number of rotatable bonds is 1. The molecule has 6 heteroatoms. The molecule has 4 rings (SSSR count). The zero-order valence-corrected chi connectivity index (χ0v) is 14.5. The molecule has 128 valence electrons. The molecule has 0 saturated heterocycles. The fraction of sp³-hybridized carbons (Fsp3) is 0.316. The SMILES string of the molecule is Cc1cc(C(=O)N2CCc3ccc(F)cc3[C@@H]2C)c2cnn(C)c2n1. The van der Waals surface area contributed by atoms with Gasteiger partial charge in [0.1, 0.15) is 5.82 Å². The van der Waals surface area contributed by atoms with Crippen molar-refractivity contribution in [2.45, 2.75) is 26.3 Å². The lowest BCUT2D eigenvalue weighted by molar-refractivity contribution is 0.0679. The monoisotopic (exact) mass is 338 g/mol. The van der Waals surface area contributed by atoms with Crippen molar-refractivity contribution >= 4 is 16.9 Å². The third-order valence-corrected chi connectivity index (χ3v) is 4.97. The molecule has 3 heterocycles. The van der Waals surface area contributed by atoms with Crippen LogP contribution in [-0.4, -0.2) is 32.1 Å². The minimum Gasteiger partial charge on any atom is -0.332 e. The number of carbonyl (C=O) groups excluding carboxylic acids is 1. The van der Waals surface area contributed by atoms with Gasteiger partial charge in [0, 0.05) is 19.3 Å². The van der Waals surface area contributed by atoms with E-state index in [1.54, 1.807) is 16.9 Å². The highest BCUT2D eigenvalue weighted by atomic mass is 19.1. The maximum Gasteiger partial charge on any atom is 0.255 e. The number of pyridine rings is 1. The average molecular weight is 338 g/mol. The van der Waals surface area contributed by atoms with Crippen molar-refractivity contribution < 1.29 is 9.18 Å². The maximum atomic E-state index is 13.7. The van der Waals surface area contributed by atoms with Crippen molar-refractivity contribution in [2.75, 3.05) is 6.54 Å². The largest absolute Gasteiger partial charge is 0.332 e. The number of aryl methyl sites for hydroxylation is 2. The fourth-order valence-corrected chi connectivity index (χ4v) is 3.63. The van der Waals surface area contributed by atoms with Crippen molar-refractivity contribution in [3.8, 4) is 0 Å². The first-order chi connectivity index (χ1) is 12.0. The molecule has 0 bridgehead atoms. The molecule has 0 fully saturated rings. The molecule has 25 heavy (non-hydrogen) atoms. The van der Waals surface area contributed by atoms with Crippen LogP contribution in [0.2, 0.25) is 0 Å². The molecule has 5 nitrogen and oxygen atoms in total. The molecule has 0 N–H and O–H groups in total. The number of aromatic nitrogens is 3. The van der Waals surface area contributed by atoms with E-state index >= 15 is 0 Å². The summed E-state index contributed by atoms with van der Waals surface area (Å²) in [5.41, 5.74) is 4.06. The van der Waals surface area contributed by atoms with E-state index in [-0.39, 0.29) is 17.8 Å². The topological polar surface area (TPSA) is 51.0 Å². The summed E-state index contributed by atoms with van der Waals surface area (Å²) < 4.78 is 15.3. The van der Waals surface area contributed by atoms with Gasteiger partial charge in [0.15, 0.2) is 5.65 Å². The Balaban J connectivity index is 1.77. The van der Waals surface area contributed by atoms with E-state index in [0.717, 1.165) is 28.6 Å². The Kier molecular flexibility index (Phi) is 3.56. The predicted molar refractivity (Wildman–Crippen MR) is 92.8 cm³/mol. The number of amides is 1. The Morgan fingerprint density at radius 3 is 2.92 bits per heavy atom. The van der Waals surface area contributed by atoms with Crippen molar-refractivity contribution in [3.63, 3.8) is 0 Å². The number of benzene rings is 1. The van der Waals surface area contributed by atoms with E-state index in [0.29, 0.717) is 17.8 Å². The van der Waals surface area contributed by atoms with Crippen LogP contribution in [0.4, 0.5) is 4.39 Å². The summed E-state index contributed by atoms with van der Waals surface area (Å²) in [4.78, 5) is 19.5. The van der Waals surface area contributed by atoms with Crippen LogP contribution in [0.15, 0.2) is 30.5 Å². The normalized spacial score (nSPS) is 17.0. The minimum atomic E-state index is -0.269. The van der Waals surface area contributed by atoms with E-state index in [4.69, 9.17) is 0 Å². The number of halogens is 1. The molecule has 1 atom stereocenters.